The third-order valence-electron chi connectivity index (χ3n) is 2.55. The Hall–Kier alpha value is -2.11. The van der Waals surface area contributed by atoms with Crippen molar-refractivity contribution in [1.29, 1.82) is 0 Å². The summed E-state index contributed by atoms with van der Waals surface area (Å²) < 4.78 is 56.2. The summed E-state index contributed by atoms with van der Waals surface area (Å²) in [7, 11) is 1.37. The van der Waals surface area contributed by atoms with Crippen LogP contribution in [-0.2, 0) is 6.18 Å². The molecule has 1 aromatic carbocycles. The fourth-order valence-corrected chi connectivity index (χ4v) is 1.61. The molecule has 2 aromatic rings. The third-order valence-corrected chi connectivity index (χ3v) is 2.55. The van der Waals surface area contributed by atoms with Crippen molar-refractivity contribution < 1.29 is 22.3 Å². The third kappa shape index (κ3) is 2.83. The smallest absolute Gasteiger partial charge is 0.416 e. The molecule has 0 atom stereocenters. The summed E-state index contributed by atoms with van der Waals surface area (Å²) in [6.07, 6.45) is -3.31. The standard InChI is InChI=1S/C13H9F4NO/c1-19-10-6-11(12(14)18-7-10)8-3-2-4-9(5-8)13(15,16)17/h2-7H,1H3. The maximum Gasteiger partial charge on any atom is 0.416 e. The van der Waals surface area contributed by atoms with Crippen molar-refractivity contribution in [2.75, 3.05) is 7.11 Å². The van der Waals surface area contributed by atoms with Gasteiger partial charge in [0.1, 0.15) is 5.75 Å². The number of pyridine rings is 1. The SMILES string of the molecule is COc1cnc(F)c(-c2cccc(C(F)(F)F)c2)c1. The van der Waals surface area contributed by atoms with Gasteiger partial charge < -0.3 is 4.74 Å². The predicted molar refractivity (Wildman–Crippen MR) is 61.2 cm³/mol. The van der Waals surface area contributed by atoms with Crippen LogP contribution in [0.1, 0.15) is 5.56 Å². The number of aromatic nitrogens is 1. The summed E-state index contributed by atoms with van der Waals surface area (Å²) in [6.45, 7) is 0. The highest BCUT2D eigenvalue weighted by atomic mass is 19.4. The second-order valence-corrected chi connectivity index (χ2v) is 3.79. The van der Waals surface area contributed by atoms with Gasteiger partial charge in [-0.15, -0.1) is 0 Å². The van der Waals surface area contributed by atoms with Crippen LogP contribution in [0.25, 0.3) is 11.1 Å². The van der Waals surface area contributed by atoms with Crippen LogP contribution >= 0.6 is 0 Å². The highest BCUT2D eigenvalue weighted by Crippen LogP contribution is 2.33. The number of alkyl halides is 3. The zero-order valence-corrected chi connectivity index (χ0v) is 9.83. The van der Waals surface area contributed by atoms with Crippen LogP contribution in [0.4, 0.5) is 17.6 Å². The van der Waals surface area contributed by atoms with Gasteiger partial charge in [-0.3, -0.25) is 0 Å². The van der Waals surface area contributed by atoms with Gasteiger partial charge in [0.05, 0.1) is 18.9 Å². The lowest BCUT2D eigenvalue weighted by Gasteiger charge is -2.10. The maximum atomic E-state index is 13.6. The summed E-state index contributed by atoms with van der Waals surface area (Å²) in [5.74, 6) is -0.575. The number of halogens is 4. The number of benzene rings is 1. The Morgan fingerprint density at radius 3 is 2.53 bits per heavy atom. The first-order valence-electron chi connectivity index (χ1n) is 5.29. The topological polar surface area (TPSA) is 22.1 Å². The van der Waals surface area contributed by atoms with Gasteiger partial charge in [-0.1, -0.05) is 12.1 Å². The average Bonchev–Trinajstić information content (AvgIpc) is 2.38. The van der Waals surface area contributed by atoms with Gasteiger partial charge in [0, 0.05) is 5.56 Å². The van der Waals surface area contributed by atoms with Gasteiger partial charge in [0.25, 0.3) is 0 Å². The molecule has 0 bridgehead atoms. The molecular formula is C13H9F4NO. The zero-order chi connectivity index (χ0) is 14.0. The molecule has 2 nitrogen and oxygen atoms in total. The van der Waals surface area contributed by atoms with Crippen LogP contribution in [0.2, 0.25) is 0 Å². The minimum Gasteiger partial charge on any atom is -0.495 e. The van der Waals surface area contributed by atoms with Crippen LogP contribution < -0.4 is 4.74 Å². The molecule has 100 valence electrons. The summed E-state index contributed by atoms with van der Waals surface area (Å²) >= 11 is 0. The molecule has 0 saturated carbocycles. The van der Waals surface area contributed by atoms with E-state index in [0.717, 1.165) is 18.3 Å². The first kappa shape index (κ1) is 13.3. The van der Waals surface area contributed by atoms with Crippen LogP contribution in [0.3, 0.4) is 0 Å². The highest BCUT2D eigenvalue weighted by molar-refractivity contribution is 5.65. The summed E-state index contributed by atoms with van der Waals surface area (Å²) in [4.78, 5) is 3.45. The fourth-order valence-electron chi connectivity index (χ4n) is 1.61. The molecule has 0 aliphatic heterocycles. The van der Waals surface area contributed by atoms with Gasteiger partial charge in [0.15, 0.2) is 0 Å². The van der Waals surface area contributed by atoms with E-state index < -0.39 is 17.7 Å². The Morgan fingerprint density at radius 2 is 1.89 bits per heavy atom. The van der Waals surface area contributed by atoms with Crippen LogP contribution in [0.15, 0.2) is 36.5 Å². The van der Waals surface area contributed by atoms with Gasteiger partial charge in [-0.25, -0.2) is 4.98 Å². The number of nitrogens with zero attached hydrogens (tertiary/aromatic N) is 1. The van der Waals surface area contributed by atoms with Crippen molar-refractivity contribution in [3.8, 4) is 16.9 Å². The monoisotopic (exact) mass is 271 g/mol. The van der Waals surface area contributed by atoms with E-state index in [9.17, 15) is 17.6 Å². The molecule has 6 heteroatoms. The quantitative estimate of drug-likeness (QED) is 0.610. The Labute approximate surface area is 106 Å². The lowest BCUT2D eigenvalue weighted by atomic mass is 10.0. The molecular weight excluding hydrogens is 262 g/mol. The van der Waals surface area contributed by atoms with Crippen molar-refractivity contribution in [3.05, 3.63) is 48.0 Å². The lowest BCUT2D eigenvalue weighted by Crippen LogP contribution is -2.04. The van der Waals surface area contributed by atoms with Crippen molar-refractivity contribution in [2.24, 2.45) is 0 Å². The summed E-state index contributed by atoms with van der Waals surface area (Å²) in [5.41, 5.74) is -0.781. The molecule has 1 heterocycles. The number of rotatable bonds is 2. The molecule has 0 saturated heterocycles. The van der Waals surface area contributed by atoms with E-state index in [-0.39, 0.29) is 16.9 Å². The van der Waals surface area contributed by atoms with Crippen LogP contribution in [-0.4, -0.2) is 12.1 Å². The van der Waals surface area contributed by atoms with E-state index >= 15 is 0 Å². The number of methoxy groups -OCH3 is 1. The Morgan fingerprint density at radius 1 is 1.16 bits per heavy atom. The molecule has 0 aliphatic carbocycles. The Kier molecular flexibility index (Phi) is 3.42. The predicted octanol–water partition coefficient (Wildman–Crippen LogP) is 3.92. The van der Waals surface area contributed by atoms with E-state index in [1.54, 1.807) is 0 Å². The summed E-state index contributed by atoms with van der Waals surface area (Å²) in [6, 6.07) is 5.71. The fraction of sp³-hybridized carbons (Fsp3) is 0.154. The second-order valence-electron chi connectivity index (χ2n) is 3.79. The first-order chi connectivity index (χ1) is 8.91. The van der Waals surface area contributed by atoms with Gasteiger partial charge >= 0.3 is 6.18 Å². The minimum atomic E-state index is -4.47. The van der Waals surface area contributed by atoms with Crippen molar-refractivity contribution in [3.63, 3.8) is 0 Å². The molecule has 19 heavy (non-hydrogen) atoms. The van der Waals surface area contributed by atoms with E-state index in [0.29, 0.717) is 0 Å². The number of ether oxygens (including phenoxy) is 1. The van der Waals surface area contributed by atoms with E-state index in [2.05, 4.69) is 4.98 Å². The Bertz CT molecular complexity index is 595. The van der Waals surface area contributed by atoms with Gasteiger partial charge in [0.2, 0.25) is 5.95 Å². The molecule has 0 spiro atoms. The molecule has 0 N–H and O–H groups in total. The molecule has 0 unspecified atom stereocenters. The van der Waals surface area contributed by atoms with E-state index in [1.807, 2.05) is 0 Å². The molecule has 0 radical (unpaired) electrons. The molecule has 1 aromatic heterocycles. The number of hydrogen-bond donors (Lipinski definition) is 0. The van der Waals surface area contributed by atoms with Gasteiger partial charge in [-0.2, -0.15) is 17.6 Å². The second kappa shape index (κ2) is 4.87. The van der Waals surface area contributed by atoms with Crippen LogP contribution in [0, 0.1) is 5.95 Å². The molecule has 2 rings (SSSR count). The van der Waals surface area contributed by atoms with E-state index in [4.69, 9.17) is 4.74 Å². The molecule has 0 fully saturated rings. The normalized spacial score (nSPS) is 11.4. The zero-order valence-electron chi connectivity index (χ0n) is 9.83. The van der Waals surface area contributed by atoms with E-state index in [1.165, 1.54) is 25.3 Å². The Balaban J connectivity index is 2.53. The van der Waals surface area contributed by atoms with Crippen molar-refractivity contribution in [1.82, 2.24) is 4.98 Å². The first-order valence-corrected chi connectivity index (χ1v) is 5.29. The molecule has 0 aliphatic rings. The highest BCUT2D eigenvalue weighted by Gasteiger charge is 2.30. The number of hydrogen-bond acceptors (Lipinski definition) is 2. The maximum absolute atomic E-state index is 13.6. The minimum absolute atomic E-state index is 0.0366. The summed E-state index contributed by atoms with van der Waals surface area (Å²) in [5, 5.41) is 0. The average molecular weight is 271 g/mol. The van der Waals surface area contributed by atoms with Crippen molar-refractivity contribution >= 4 is 0 Å². The molecule has 0 amide bonds. The van der Waals surface area contributed by atoms with Crippen molar-refractivity contribution in [2.45, 2.75) is 6.18 Å². The lowest BCUT2D eigenvalue weighted by molar-refractivity contribution is -0.137. The van der Waals surface area contributed by atoms with Crippen LogP contribution in [0.5, 0.6) is 5.75 Å². The largest absolute Gasteiger partial charge is 0.495 e. The van der Waals surface area contributed by atoms with Gasteiger partial charge in [-0.05, 0) is 23.8 Å².